The number of aromatic nitrogens is 3. The van der Waals surface area contributed by atoms with Crippen molar-refractivity contribution in [3.05, 3.63) is 82.8 Å². The molecule has 1 fully saturated rings. The van der Waals surface area contributed by atoms with Gasteiger partial charge < -0.3 is 14.8 Å². The van der Waals surface area contributed by atoms with Gasteiger partial charge in [-0.1, -0.05) is 48.4 Å². The number of benzene rings is 2. The van der Waals surface area contributed by atoms with Crippen LogP contribution in [0.2, 0.25) is 0 Å². The highest BCUT2D eigenvalue weighted by molar-refractivity contribution is 5.92. The van der Waals surface area contributed by atoms with E-state index >= 15 is 0 Å². The van der Waals surface area contributed by atoms with Gasteiger partial charge in [-0.15, -0.1) is 0 Å². The molecule has 0 saturated heterocycles. The SMILES string of the molecule is CC1=C(C(=O)OC2CCCCC2)C(c2ccc(OCc3ccc(C)cc3)cc2)n2ncnc2N1. The van der Waals surface area contributed by atoms with Crippen LogP contribution in [0.25, 0.3) is 0 Å². The predicted octanol–water partition coefficient (Wildman–Crippen LogP) is 5.33. The van der Waals surface area contributed by atoms with Gasteiger partial charge in [0.15, 0.2) is 0 Å². The number of hydrogen-bond donors (Lipinski definition) is 1. The van der Waals surface area contributed by atoms with Crippen molar-refractivity contribution in [2.75, 3.05) is 5.32 Å². The normalized spacial score (nSPS) is 18.2. The van der Waals surface area contributed by atoms with Gasteiger partial charge in [0, 0.05) is 5.70 Å². The lowest BCUT2D eigenvalue weighted by atomic mass is 9.95. The van der Waals surface area contributed by atoms with Crippen molar-refractivity contribution in [2.45, 2.75) is 64.7 Å². The third-order valence-corrected chi connectivity index (χ3v) is 6.56. The number of allylic oxidation sites excluding steroid dienone is 1. The van der Waals surface area contributed by atoms with Crippen LogP contribution >= 0.6 is 0 Å². The Hall–Kier alpha value is -3.61. The number of anilines is 1. The molecule has 1 aliphatic carbocycles. The summed E-state index contributed by atoms with van der Waals surface area (Å²) in [6.45, 7) is 4.46. The number of hydrogen-bond acceptors (Lipinski definition) is 6. The molecule has 5 rings (SSSR count). The van der Waals surface area contributed by atoms with E-state index in [9.17, 15) is 4.79 Å². The number of ether oxygens (including phenoxy) is 2. The van der Waals surface area contributed by atoms with Crippen molar-refractivity contribution >= 4 is 11.9 Å². The Morgan fingerprint density at radius 1 is 1.03 bits per heavy atom. The standard InChI is InChI=1S/C27H30N4O3/c1-18-8-10-20(11-9-18)16-33-22-14-12-21(13-15-22)25-24(19(2)30-27-28-17-29-31(25)27)26(32)34-23-6-4-3-5-7-23/h8-15,17,23,25H,3-7,16H2,1-2H3,(H,28,29,30). The first kappa shape index (κ1) is 22.2. The van der Waals surface area contributed by atoms with Gasteiger partial charge in [-0.25, -0.2) is 9.48 Å². The van der Waals surface area contributed by atoms with Gasteiger partial charge in [0.05, 0.1) is 5.57 Å². The molecule has 176 valence electrons. The Morgan fingerprint density at radius 2 is 1.76 bits per heavy atom. The first-order valence-electron chi connectivity index (χ1n) is 11.9. The van der Waals surface area contributed by atoms with Crippen LogP contribution in [0.3, 0.4) is 0 Å². The van der Waals surface area contributed by atoms with Crippen molar-refractivity contribution in [3.8, 4) is 5.75 Å². The number of rotatable bonds is 6. The Morgan fingerprint density at radius 3 is 2.50 bits per heavy atom. The molecule has 7 nitrogen and oxygen atoms in total. The summed E-state index contributed by atoms with van der Waals surface area (Å²) < 4.78 is 13.7. The quantitative estimate of drug-likeness (QED) is 0.503. The van der Waals surface area contributed by atoms with Gasteiger partial charge in [0.2, 0.25) is 5.95 Å². The van der Waals surface area contributed by atoms with Crippen molar-refractivity contribution < 1.29 is 14.3 Å². The Bertz CT molecular complexity index is 1180. The molecule has 34 heavy (non-hydrogen) atoms. The van der Waals surface area contributed by atoms with Gasteiger partial charge in [-0.3, -0.25) is 0 Å². The molecule has 0 radical (unpaired) electrons. The topological polar surface area (TPSA) is 78.3 Å². The number of aryl methyl sites for hydroxylation is 1. The van der Waals surface area contributed by atoms with E-state index in [0.29, 0.717) is 18.1 Å². The minimum absolute atomic E-state index is 0.0168. The molecule has 1 unspecified atom stereocenters. The zero-order valence-corrected chi connectivity index (χ0v) is 19.7. The van der Waals surface area contributed by atoms with Gasteiger partial charge in [-0.05, 0) is 62.8 Å². The molecule has 1 atom stereocenters. The summed E-state index contributed by atoms with van der Waals surface area (Å²) >= 11 is 0. The van der Waals surface area contributed by atoms with Crippen molar-refractivity contribution in [2.24, 2.45) is 0 Å². The van der Waals surface area contributed by atoms with Crippen molar-refractivity contribution in [3.63, 3.8) is 0 Å². The summed E-state index contributed by atoms with van der Waals surface area (Å²) in [6, 6.07) is 15.7. The molecule has 3 aromatic rings. The van der Waals surface area contributed by atoms with Gasteiger partial charge in [0.1, 0.15) is 30.8 Å². The lowest BCUT2D eigenvalue weighted by molar-refractivity contribution is -0.146. The molecule has 1 N–H and O–H groups in total. The van der Waals surface area contributed by atoms with Crippen molar-refractivity contribution in [1.29, 1.82) is 0 Å². The third kappa shape index (κ3) is 4.69. The minimum atomic E-state index is -0.416. The molecule has 0 bridgehead atoms. The molecule has 2 heterocycles. The summed E-state index contributed by atoms with van der Waals surface area (Å²) in [4.78, 5) is 17.6. The fourth-order valence-corrected chi connectivity index (χ4v) is 4.66. The maximum Gasteiger partial charge on any atom is 0.338 e. The molecular weight excluding hydrogens is 428 g/mol. The van der Waals surface area contributed by atoms with E-state index in [4.69, 9.17) is 9.47 Å². The van der Waals surface area contributed by atoms with Gasteiger partial charge >= 0.3 is 5.97 Å². The van der Waals surface area contributed by atoms with Crippen LogP contribution in [-0.4, -0.2) is 26.8 Å². The second kappa shape index (κ2) is 9.71. The maximum atomic E-state index is 13.3. The highest BCUT2D eigenvalue weighted by atomic mass is 16.5. The highest BCUT2D eigenvalue weighted by Gasteiger charge is 2.35. The van der Waals surface area contributed by atoms with Crippen molar-refractivity contribution in [1.82, 2.24) is 14.8 Å². The maximum absolute atomic E-state index is 13.3. The van der Waals surface area contributed by atoms with E-state index in [1.807, 2.05) is 31.2 Å². The number of carbonyl (C=O) groups is 1. The molecule has 2 aromatic carbocycles. The average molecular weight is 459 g/mol. The van der Waals surface area contributed by atoms with Crippen LogP contribution in [0.15, 0.2) is 66.1 Å². The van der Waals surface area contributed by atoms with E-state index in [0.717, 1.165) is 48.3 Å². The number of nitrogens with one attached hydrogen (secondary N) is 1. The molecule has 0 spiro atoms. The summed E-state index contributed by atoms with van der Waals surface area (Å²) in [6.07, 6.45) is 6.76. The summed E-state index contributed by atoms with van der Waals surface area (Å²) in [7, 11) is 0. The molecule has 0 amide bonds. The van der Waals surface area contributed by atoms with E-state index in [2.05, 4.69) is 46.6 Å². The minimum Gasteiger partial charge on any atom is -0.489 e. The smallest absolute Gasteiger partial charge is 0.338 e. The fourth-order valence-electron chi connectivity index (χ4n) is 4.66. The molecule has 1 aromatic heterocycles. The van der Waals surface area contributed by atoms with Crippen LogP contribution in [0, 0.1) is 6.92 Å². The fraction of sp³-hybridized carbons (Fsp3) is 0.370. The number of esters is 1. The Kier molecular flexibility index (Phi) is 6.34. The zero-order valence-electron chi connectivity index (χ0n) is 19.7. The lowest BCUT2D eigenvalue weighted by Crippen LogP contribution is -2.32. The number of fused-ring (bicyclic) bond motifs is 1. The lowest BCUT2D eigenvalue weighted by Gasteiger charge is -2.30. The van der Waals surface area contributed by atoms with E-state index in [-0.39, 0.29) is 12.1 Å². The van der Waals surface area contributed by atoms with Crippen LogP contribution in [0.5, 0.6) is 5.75 Å². The molecule has 2 aliphatic rings. The van der Waals surface area contributed by atoms with Gasteiger partial charge in [0.25, 0.3) is 0 Å². The summed E-state index contributed by atoms with van der Waals surface area (Å²) in [5.41, 5.74) is 4.57. The second-order valence-corrected chi connectivity index (χ2v) is 9.10. The van der Waals surface area contributed by atoms with Crippen LogP contribution < -0.4 is 10.1 Å². The third-order valence-electron chi connectivity index (χ3n) is 6.56. The van der Waals surface area contributed by atoms with Crippen LogP contribution in [0.1, 0.15) is 61.8 Å². The van der Waals surface area contributed by atoms with E-state index < -0.39 is 6.04 Å². The van der Waals surface area contributed by atoms with Crippen LogP contribution in [-0.2, 0) is 16.1 Å². The molecule has 1 saturated carbocycles. The molecule has 1 aliphatic heterocycles. The average Bonchev–Trinajstić information content (AvgIpc) is 3.32. The molecular formula is C27H30N4O3. The van der Waals surface area contributed by atoms with Crippen LogP contribution in [0.4, 0.5) is 5.95 Å². The van der Waals surface area contributed by atoms with Gasteiger partial charge in [-0.2, -0.15) is 10.1 Å². The molecule has 7 heteroatoms. The number of nitrogens with zero attached hydrogens (tertiary/aromatic N) is 3. The Labute approximate surface area is 199 Å². The zero-order chi connectivity index (χ0) is 23.5. The summed E-state index contributed by atoms with van der Waals surface area (Å²) in [5.74, 6) is 1.09. The largest absolute Gasteiger partial charge is 0.489 e. The summed E-state index contributed by atoms with van der Waals surface area (Å²) in [5, 5.41) is 7.61. The van der Waals surface area contributed by atoms with E-state index in [1.54, 1.807) is 4.68 Å². The first-order chi connectivity index (χ1) is 16.6. The van der Waals surface area contributed by atoms with E-state index in [1.165, 1.54) is 18.3 Å². The Balaban J connectivity index is 1.37. The number of carbonyl (C=O) groups excluding carboxylic acids is 1. The first-order valence-corrected chi connectivity index (χ1v) is 11.9. The second-order valence-electron chi connectivity index (χ2n) is 9.10. The monoisotopic (exact) mass is 458 g/mol. The predicted molar refractivity (Wildman–Crippen MR) is 129 cm³/mol. The highest BCUT2D eigenvalue weighted by Crippen LogP contribution is 2.36.